The van der Waals surface area contributed by atoms with Crippen LogP contribution < -0.4 is 5.73 Å². The van der Waals surface area contributed by atoms with Gasteiger partial charge in [-0.15, -0.1) is 11.3 Å². The maximum absolute atomic E-state index is 9.95. The Bertz CT molecular complexity index is 872. The van der Waals surface area contributed by atoms with E-state index >= 15 is 0 Å². The first kappa shape index (κ1) is 17.2. The second-order valence-corrected chi connectivity index (χ2v) is 7.80. The maximum atomic E-state index is 9.95. The highest BCUT2D eigenvalue weighted by atomic mass is 32.1. The van der Waals surface area contributed by atoms with E-state index in [0.717, 1.165) is 28.4 Å². The second-order valence-electron chi connectivity index (χ2n) is 6.48. The number of nitrogens with two attached hydrogens (primary N) is 1. The lowest BCUT2D eigenvalue weighted by Crippen LogP contribution is -2.47. The number of nitrogens with zero attached hydrogens (tertiary/aromatic N) is 4. The van der Waals surface area contributed by atoms with Gasteiger partial charge < -0.3 is 5.73 Å². The van der Waals surface area contributed by atoms with E-state index in [1.807, 2.05) is 25.1 Å². The van der Waals surface area contributed by atoms with Gasteiger partial charge in [0.1, 0.15) is 6.07 Å². The van der Waals surface area contributed by atoms with Gasteiger partial charge in [0.15, 0.2) is 5.41 Å². The molecule has 0 amide bonds. The quantitative estimate of drug-likeness (QED) is 0.885. The van der Waals surface area contributed by atoms with Crippen LogP contribution in [0.25, 0.3) is 0 Å². The van der Waals surface area contributed by atoms with E-state index in [-0.39, 0.29) is 17.5 Å². The molecular formula is C19H19N5S. The zero-order valence-electron chi connectivity index (χ0n) is 14.3. The minimum Gasteiger partial charge on any atom is -0.399 e. The number of allylic oxidation sites excluding steroid dienone is 2. The average molecular weight is 349 g/mol. The van der Waals surface area contributed by atoms with Gasteiger partial charge in [0.25, 0.3) is 0 Å². The fourth-order valence-electron chi connectivity index (χ4n) is 3.92. The van der Waals surface area contributed by atoms with Gasteiger partial charge in [-0.3, -0.25) is 4.90 Å². The molecule has 0 aromatic carbocycles. The number of likely N-dealkylation sites (N-methyl/N-ethyl adjacent to an activating group) is 1. The van der Waals surface area contributed by atoms with E-state index in [1.54, 1.807) is 11.3 Å². The third-order valence-corrected chi connectivity index (χ3v) is 6.34. The molecule has 2 N–H and O–H groups in total. The molecule has 0 radical (unpaired) electrons. The van der Waals surface area contributed by atoms with E-state index in [9.17, 15) is 15.8 Å². The number of nitriles is 3. The van der Waals surface area contributed by atoms with E-state index in [4.69, 9.17) is 5.73 Å². The normalized spacial score (nSPS) is 25.3. The first-order chi connectivity index (χ1) is 12.0. The summed E-state index contributed by atoms with van der Waals surface area (Å²) in [5.74, 6) is -0.452. The fourth-order valence-corrected chi connectivity index (χ4v) is 5.04. The van der Waals surface area contributed by atoms with E-state index in [2.05, 4.69) is 30.0 Å². The number of thiophene rings is 1. The predicted molar refractivity (Wildman–Crippen MR) is 96.0 cm³/mol. The number of aryl methyl sites for hydroxylation is 1. The zero-order valence-corrected chi connectivity index (χ0v) is 15.1. The van der Waals surface area contributed by atoms with Gasteiger partial charge in [0.2, 0.25) is 0 Å². The number of hydrogen-bond donors (Lipinski definition) is 1. The highest BCUT2D eigenvalue weighted by molar-refractivity contribution is 7.12. The van der Waals surface area contributed by atoms with Crippen molar-refractivity contribution in [1.29, 1.82) is 15.8 Å². The van der Waals surface area contributed by atoms with Gasteiger partial charge >= 0.3 is 0 Å². The molecule has 5 nitrogen and oxygen atoms in total. The Labute approximate surface area is 151 Å². The fraction of sp³-hybridized carbons (Fsp3) is 0.421. The molecule has 2 atom stereocenters. The molecule has 0 saturated carbocycles. The molecule has 2 aliphatic rings. The van der Waals surface area contributed by atoms with Crippen molar-refractivity contribution >= 4 is 11.3 Å². The first-order valence-electron chi connectivity index (χ1n) is 8.24. The molecule has 1 aromatic heterocycles. The van der Waals surface area contributed by atoms with Crippen LogP contribution in [-0.2, 0) is 0 Å². The van der Waals surface area contributed by atoms with Crippen LogP contribution in [0.1, 0.15) is 22.6 Å². The Morgan fingerprint density at radius 2 is 2.04 bits per heavy atom. The lowest BCUT2D eigenvalue weighted by Gasteiger charge is -2.45. The van der Waals surface area contributed by atoms with Crippen LogP contribution in [0.15, 0.2) is 35.1 Å². The summed E-state index contributed by atoms with van der Waals surface area (Å²) in [6.45, 7) is 6.44. The highest BCUT2D eigenvalue weighted by Crippen LogP contribution is 2.55. The van der Waals surface area contributed by atoms with Crippen molar-refractivity contribution in [2.75, 3.05) is 19.6 Å². The van der Waals surface area contributed by atoms with E-state index < -0.39 is 5.41 Å². The minimum absolute atomic E-state index is 0.0898. The van der Waals surface area contributed by atoms with Crippen LogP contribution in [0.4, 0.5) is 0 Å². The zero-order chi connectivity index (χ0) is 18.2. The van der Waals surface area contributed by atoms with Gasteiger partial charge in [-0.1, -0.05) is 13.0 Å². The molecule has 1 aliphatic heterocycles. The standard InChI is InChI=1S/C19H19N5S/c1-3-24-7-6-13-14(8-20)18(23)19(10-21,11-22)17(15(13)9-24)16-5-4-12(2)25-16/h4-6,15,17H,3,7,9,23H2,1-2H3. The summed E-state index contributed by atoms with van der Waals surface area (Å²) in [6.07, 6.45) is 2.04. The van der Waals surface area contributed by atoms with Gasteiger partial charge in [-0.2, -0.15) is 15.8 Å². The summed E-state index contributed by atoms with van der Waals surface area (Å²) in [5, 5.41) is 29.6. The van der Waals surface area contributed by atoms with Gasteiger partial charge in [0, 0.05) is 34.7 Å². The van der Waals surface area contributed by atoms with Crippen LogP contribution in [-0.4, -0.2) is 24.5 Å². The summed E-state index contributed by atoms with van der Waals surface area (Å²) in [6, 6.07) is 10.5. The van der Waals surface area contributed by atoms with Crippen molar-refractivity contribution in [2.45, 2.75) is 19.8 Å². The third-order valence-electron chi connectivity index (χ3n) is 5.25. The predicted octanol–water partition coefficient (Wildman–Crippen LogP) is 2.80. The molecule has 3 rings (SSSR count). The van der Waals surface area contributed by atoms with Crippen molar-refractivity contribution in [2.24, 2.45) is 17.1 Å². The molecule has 6 heteroatoms. The molecule has 0 saturated heterocycles. The topological polar surface area (TPSA) is 101 Å². The molecule has 2 unspecified atom stereocenters. The third kappa shape index (κ3) is 2.45. The monoisotopic (exact) mass is 349 g/mol. The maximum Gasteiger partial charge on any atom is 0.192 e. The van der Waals surface area contributed by atoms with Crippen molar-refractivity contribution in [1.82, 2.24) is 4.90 Å². The Hall–Kier alpha value is -2.59. The Morgan fingerprint density at radius 3 is 2.56 bits per heavy atom. The number of hydrogen-bond acceptors (Lipinski definition) is 6. The Kier molecular flexibility index (Phi) is 4.39. The van der Waals surface area contributed by atoms with E-state index in [0.29, 0.717) is 12.1 Å². The van der Waals surface area contributed by atoms with Crippen LogP contribution in [0.2, 0.25) is 0 Å². The van der Waals surface area contributed by atoms with Crippen molar-refractivity contribution < 1.29 is 0 Å². The summed E-state index contributed by atoms with van der Waals surface area (Å²) in [7, 11) is 0. The van der Waals surface area contributed by atoms with Gasteiger partial charge in [-0.05, 0) is 31.2 Å². The highest BCUT2D eigenvalue weighted by Gasteiger charge is 2.54. The molecule has 0 bridgehead atoms. The van der Waals surface area contributed by atoms with Crippen molar-refractivity contribution in [3.63, 3.8) is 0 Å². The molecule has 1 aliphatic carbocycles. The Balaban J connectivity index is 2.30. The molecule has 0 spiro atoms. The number of fused-ring (bicyclic) bond motifs is 1. The molecule has 0 fully saturated rings. The summed E-state index contributed by atoms with van der Waals surface area (Å²) < 4.78 is 0. The average Bonchev–Trinajstić information content (AvgIpc) is 3.06. The molecule has 25 heavy (non-hydrogen) atoms. The first-order valence-corrected chi connectivity index (χ1v) is 9.06. The second kappa shape index (κ2) is 6.37. The van der Waals surface area contributed by atoms with Crippen LogP contribution >= 0.6 is 11.3 Å². The summed E-state index contributed by atoms with van der Waals surface area (Å²) >= 11 is 1.59. The van der Waals surface area contributed by atoms with Gasteiger partial charge in [0.05, 0.1) is 23.4 Å². The summed E-state index contributed by atoms with van der Waals surface area (Å²) in [5.41, 5.74) is 6.05. The summed E-state index contributed by atoms with van der Waals surface area (Å²) in [4.78, 5) is 4.37. The molecule has 1 aromatic rings. The molecule has 126 valence electrons. The molecular weight excluding hydrogens is 330 g/mol. The Morgan fingerprint density at radius 1 is 1.32 bits per heavy atom. The minimum atomic E-state index is -1.51. The van der Waals surface area contributed by atoms with E-state index in [1.165, 1.54) is 0 Å². The smallest absolute Gasteiger partial charge is 0.192 e. The van der Waals surface area contributed by atoms with Crippen LogP contribution in [0.3, 0.4) is 0 Å². The van der Waals surface area contributed by atoms with Crippen LogP contribution in [0.5, 0.6) is 0 Å². The SMILES string of the molecule is CCN1CC=C2C(C#N)=C(N)C(C#N)(C#N)C(c3ccc(C)s3)C2C1. The van der Waals surface area contributed by atoms with Crippen molar-refractivity contribution in [3.8, 4) is 18.2 Å². The largest absolute Gasteiger partial charge is 0.399 e. The lowest BCUT2D eigenvalue weighted by molar-refractivity contribution is 0.216. The van der Waals surface area contributed by atoms with Crippen LogP contribution in [0, 0.1) is 52.2 Å². The number of rotatable bonds is 2. The van der Waals surface area contributed by atoms with Crippen molar-refractivity contribution in [3.05, 3.63) is 44.8 Å². The molecule has 2 heterocycles. The lowest BCUT2D eigenvalue weighted by atomic mass is 9.59. The van der Waals surface area contributed by atoms with Gasteiger partial charge in [-0.25, -0.2) is 0 Å².